The van der Waals surface area contributed by atoms with Crippen LogP contribution in [0.15, 0.2) is 24.3 Å². The minimum Gasteiger partial charge on any atom is -0.350 e. The molecular weight excluding hydrogens is 378 g/mol. The Labute approximate surface area is 168 Å². The first-order valence-electron chi connectivity index (χ1n) is 9.54. The van der Waals surface area contributed by atoms with E-state index in [9.17, 15) is 4.79 Å². The number of benzene rings is 1. The molecule has 0 saturated carbocycles. The van der Waals surface area contributed by atoms with E-state index in [2.05, 4.69) is 35.1 Å². The Morgan fingerprint density at radius 3 is 3.00 bits per heavy atom. The monoisotopic (exact) mass is 401 g/mol. The van der Waals surface area contributed by atoms with Gasteiger partial charge in [0, 0.05) is 34.6 Å². The third kappa shape index (κ3) is 3.82. The third-order valence-electron chi connectivity index (χ3n) is 5.42. The average molecular weight is 402 g/mol. The maximum atomic E-state index is 12.7. The van der Waals surface area contributed by atoms with Crippen LogP contribution in [0.3, 0.4) is 0 Å². The molecule has 4 nitrogen and oxygen atoms in total. The molecule has 0 bridgehead atoms. The SMILES string of the molecule is Cc1ccc2nc(Cl)c3cc(C(=O)NCCN4CCCC[C@@H]4C)sc3c2c1. The van der Waals surface area contributed by atoms with Gasteiger partial charge in [0.15, 0.2) is 0 Å². The minimum atomic E-state index is -0.0299. The zero-order valence-electron chi connectivity index (χ0n) is 15.7. The standard InChI is InChI=1S/C21H24ClN3OS/c1-13-6-7-17-15(11-13)19-16(20(22)24-17)12-18(27-19)21(26)23-8-10-25-9-4-3-5-14(25)2/h6-7,11-12,14H,3-5,8-10H2,1-2H3,(H,23,26)/t14-/m0/s1. The maximum Gasteiger partial charge on any atom is 0.261 e. The lowest BCUT2D eigenvalue weighted by Crippen LogP contribution is -2.42. The van der Waals surface area contributed by atoms with Crippen LogP contribution < -0.4 is 5.32 Å². The van der Waals surface area contributed by atoms with Gasteiger partial charge in [-0.1, -0.05) is 29.7 Å². The first kappa shape index (κ1) is 18.7. The molecule has 27 heavy (non-hydrogen) atoms. The molecule has 3 heterocycles. The molecule has 0 aliphatic carbocycles. The van der Waals surface area contributed by atoms with Gasteiger partial charge in [0.25, 0.3) is 5.91 Å². The van der Waals surface area contributed by atoms with Crippen LogP contribution in [0.5, 0.6) is 0 Å². The topological polar surface area (TPSA) is 45.2 Å². The quantitative estimate of drug-likeness (QED) is 0.624. The van der Waals surface area contributed by atoms with E-state index in [1.165, 1.54) is 36.2 Å². The lowest BCUT2D eigenvalue weighted by atomic mass is 10.0. The van der Waals surface area contributed by atoms with Crippen LogP contribution in [-0.2, 0) is 0 Å². The molecule has 142 valence electrons. The fourth-order valence-electron chi connectivity index (χ4n) is 3.84. The fourth-order valence-corrected chi connectivity index (χ4v) is 5.24. The Hall–Kier alpha value is -1.69. The lowest BCUT2D eigenvalue weighted by Gasteiger charge is -2.33. The molecule has 4 rings (SSSR count). The number of thiophene rings is 1. The van der Waals surface area contributed by atoms with Crippen molar-refractivity contribution in [2.45, 2.75) is 39.2 Å². The molecule has 1 N–H and O–H groups in total. The summed E-state index contributed by atoms with van der Waals surface area (Å²) in [4.78, 5) is 20.3. The van der Waals surface area contributed by atoms with Crippen molar-refractivity contribution < 1.29 is 4.79 Å². The van der Waals surface area contributed by atoms with Crippen molar-refractivity contribution in [1.29, 1.82) is 0 Å². The summed E-state index contributed by atoms with van der Waals surface area (Å²) in [5.74, 6) is -0.0299. The molecule has 1 amide bonds. The normalized spacial score (nSPS) is 18.3. The summed E-state index contributed by atoms with van der Waals surface area (Å²) in [5.41, 5.74) is 2.04. The molecule has 1 fully saturated rings. The smallest absolute Gasteiger partial charge is 0.261 e. The van der Waals surface area contributed by atoms with Crippen molar-refractivity contribution in [3.63, 3.8) is 0 Å². The van der Waals surface area contributed by atoms with Gasteiger partial charge in [-0.25, -0.2) is 4.98 Å². The molecule has 6 heteroatoms. The maximum absolute atomic E-state index is 12.7. The summed E-state index contributed by atoms with van der Waals surface area (Å²) >= 11 is 7.87. The summed E-state index contributed by atoms with van der Waals surface area (Å²) in [6.07, 6.45) is 3.82. The van der Waals surface area contributed by atoms with Crippen LogP contribution in [0.4, 0.5) is 0 Å². The van der Waals surface area contributed by atoms with E-state index in [1.807, 2.05) is 18.2 Å². The number of fused-ring (bicyclic) bond motifs is 3. The van der Waals surface area contributed by atoms with E-state index >= 15 is 0 Å². The van der Waals surface area contributed by atoms with Crippen LogP contribution in [0, 0.1) is 6.92 Å². The Morgan fingerprint density at radius 2 is 2.19 bits per heavy atom. The second kappa shape index (κ2) is 7.74. The Balaban J connectivity index is 1.53. The van der Waals surface area contributed by atoms with E-state index < -0.39 is 0 Å². The van der Waals surface area contributed by atoms with E-state index in [4.69, 9.17) is 11.6 Å². The number of halogens is 1. The number of pyridine rings is 1. The van der Waals surface area contributed by atoms with Crippen molar-refractivity contribution >= 4 is 49.8 Å². The van der Waals surface area contributed by atoms with E-state index in [0.29, 0.717) is 22.6 Å². The fraction of sp³-hybridized carbons (Fsp3) is 0.429. The van der Waals surface area contributed by atoms with Crippen LogP contribution in [-0.4, -0.2) is 41.5 Å². The molecule has 0 radical (unpaired) electrons. The number of nitrogens with one attached hydrogen (secondary N) is 1. The van der Waals surface area contributed by atoms with Gasteiger partial charge in [-0.3, -0.25) is 9.69 Å². The van der Waals surface area contributed by atoms with Crippen molar-refractivity contribution in [2.24, 2.45) is 0 Å². The van der Waals surface area contributed by atoms with Crippen LogP contribution in [0.2, 0.25) is 5.15 Å². The molecule has 1 aliphatic rings. The van der Waals surface area contributed by atoms with Gasteiger partial charge < -0.3 is 5.32 Å². The van der Waals surface area contributed by atoms with Crippen molar-refractivity contribution in [2.75, 3.05) is 19.6 Å². The summed E-state index contributed by atoms with van der Waals surface area (Å²) in [6.45, 7) is 7.04. The average Bonchev–Trinajstić information content (AvgIpc) is 3.10. The van der Waals surface area contributed by atoms with Crippen LogP contribution >= 0.6 is 22.9 Å². The second-order valence-corrected chi connectivity index (χ2v) is 8.82. The molecule has 0 spiro atoms. The zero-order valence-corrected chi connectivity index (χ0v) is 17.3. The summed E-state index contributed by atoms with van der Waals surface area (Å²) in [6, 6.07) is 8.60. The molecule has 1 aliphatic heterocycles. The molecule has 3 aromatic rings. The third-order valence-corrected chi connectivity index (χ3v) is 6.87. The molecule has 1 atom stereocenters. The Bertz CT molecular complexity index is 1000. The van der Waals surface area contributed by atoms with E-state index in [0.717, 1.165) is 34.1 Å². The highest BCUT2D eigenvalue weighted by molar-refractivity contribution is 7.21. The van der Waals surface area contributed by atoms with Crippen molar-refractivity contribution in [3.05, 3.63) is 39.9 Å². The number of hydrogen-bond acceptors (Lipinski definition) is 4. The van der Waals surface area contributed by atoms with Gasteiger partial charge in [-0.2, -0.15) is 0 Å². The predicted octanol–water partition coefficient (Wildman–Crippen LogP) is 5.02. The van der Waals surface area contributed by atoms with Gasteiger partial charge in [-0.15, -0.1) is 11.3 Å². The van der Waals surface area contributed by atoms with Gasteiger partial charge in [0.05, 0.1) is 10.4 Å². The number of aryl methyl sites for hydroxylation is 1. The predicted molar refractivity (Wildman–Crippen MR) is 114 cm³/mol. The largest absolute Gasteiger partial charge is 0.350 e. The number of nitrogens with zero attached hydrogens (tertiary/aromatic N) is 2. The molecule has 1 saturated heterocycles. The van der Waals surface area contributed by atoms with Crippen molar-refractivity contribution in [3.8, 4) is 0 Å². The Morgan fingerprint density at radius 1 is 1.33 bits per heavy atom. The number of piperidine rings is 1. The van der Waals surface area contributed by atoms with E-state index in [1.54, 1.807) is 0 Å². The van der Waals surface area contributed by atoms with Gasteiger partial charge in [0.2, 0.25) is 0 Å². The number of rotatable bonds is 4. The highest BCUT2D eigenvalue weighted by Crippen LogP contribution is 2.36. The number of carbonyl (C=O) groups is 1. The van der Waals surface area contributed by atoms with Gasteiger partial charge >= 0.3 is 0 Å². The van der Waals surface area contributed by atoms with Gasteiger partial charge in [0.1, 0.15) is 5.15 Å². The highest BCUT2D eigenvalue weighted by atomic mass is 35.5. The first-order chi connectivity index (χ1) is 13.0. The second-order valence-electron chi connectivity index (χ2n) is 7.41. The zero-order chi connectivity index (χ0) is 19.0. The van der Waals surface area contributed by atoms with E-state index in [-0.39, 0.29) is 5.91 Å². The van der Waals surface area contributed by atoms with Gasteiger partial charge in [-0.05, 0) is 51.4 Å². The summed E-state index contributed by atoms with van der Waals surface area (Å²) in [7, 11) is 0. The minimum absolute atomic E-state index is 0.0299. The Kier molecular flexibility index (Phi) is 5.35. The molecule has 1 aromatic carbocycles. The number of hydrogen-bond donors (Lipinski definition) is 1. The van der Waals surface area contributed by atoms with Crippen molar-refractivity contribution in [1.82, 2.24) is 15.2 Å². The number of aromatic nitrogens is 1. The summed E-state index contributed by atoms with van der Waals surface area (Å²) in [5, 5.41) is 5.44. The van der Waals surface area contributed by atoms with Crippen LogP contribution in [0.25, 0.3) is 21.0 Å². The lowest BCUT2D eigenvalue weighted by molar-refractivity contribution is 0.0942. The molecule has 2 aromatic heterocycles. The number of amides is 1. The number of likely N-dealkylation sites (tertiary alicyclic amines) is 1. The first-order valence-corrected chi connectivity index (χ1v) is 10.7. The molecular formula is C21H24ClN3OS. The molecule has 0 unspecified atom stereocenters. The van der Waals surface area contributed by atoms with Crippen LogP contribution in [0.1, 0.15) is 41.4 Å². The highest BCUT2D eigenvalue weighted by Gasteiger charge is 2.19. The number of carbonyl (C=O) groups excluding carboxylic acids is 1. The summed E-state index contributed by atoms with van der Waals surface area (Å²) < 4.78 is 1.03.